The van der Waals surface area contributed by atoms with Crippen LogP contribution in [0.5, 0.6) is 0 Å². The van der Waals surface area contributed by atoms with Crippen molar-refractivity contribution in [2.75, 3.05) is 59.6 Å². The number of nitrogens with zero attached hydrogens (tertiary/aromatic N) is 3. The summed E-state index contributed by atoms with van der Waals surface area (Å²) in [7, 11) is 0.648. The highest BCUT2D eigenvalue weighted by Crippen LogP contribution is 2.21. The van der Waals surface area contributed by atoms with Crippen molar-refractivity contribution in [3.05, 3.63) is 0 Å². The molecule has 2 aliphatic heterocycles. The molecule has 0 spiro atoms. The number of amides is 1. The van der Waals surface area contributed by atoms with Crippen molar-refractivity contribution in [2.45, 2.75) is 18.9 Å². The van der Waals surface area contributed by atoms with Gasteiger partial charge in [0.2, 0.25) is 15.9 Å². The summed E-state index contributed by atoms with van der Waals surface area (Å²) in [5.74, 6) is 0.0674. The second-order valence-electron chi connectivity index (χ2n) is 6.46. The molecule has 0 saturated carbocycles. The largest absolute Gasteiger partial charge is 0.359 e. The maximum atomic E-state index is 12.0. The summed E-state index contributed by atoms with van der Waals surface area (Å²) >= 11 is 0. The molecule has 2 aliphatic rings. The average Bonchev–Trinajstić information content (AvgIpc) is 2.68. The van der Waals surface area contributed by atoms with Gasteiger partial charge in [0.15, 0.2) is 0 Å². The Bertz CT molecular complexity index is 488. The van der Waals surface area contributed by atoms with Crippen molar-refractivity contribution in [3.8, 4) is 0 Å². The number of hydrogen-bond donors (Lipinski definition) is 1. The highest BCUT2D eigenvalue weighted by molar-refractivity contribution is 7.88. The first kappa shape index (κ1) is 17.7. The van der Waals surface area contributed by atoms with Crippen molar-refractivity contribution in [2.24, 2.45) is 5.92 Å². The summed E-state index contributed by atoms with van der Waals surface area (Å²) in [5.41, 5.74) is 0. The molecule has 22 heavy (non-hydrogen) atoms. The summed E-state index contributed by atoms with van der Waals surface area (Å²) < 4.78 is 24.8. The molecule has 2 heterocycles. The van der Waals surface area contributed by atoms with Crippen LogP contribution in [0.3, 0.4) is 0 Å². The van der Waals surface area contributed by atoms with E-state index < -0.39 is 10.0 Å². The Labute approximate surface area is 133 Å². The lowest BCUT2D eigenvalue weighted by molar-refractivity contribution is -0.125. The number of likely N-dealkylation sites (N-methyl/N-ethyl adjacent to an activating group) is 1. The highest BCUT2D eigenvalue weighted by atomic mass is 32.2. The Morgan fingerprint density at radius 2 is 1.73 bits per heavy atom. The maximum absolute atomic E-state index is 12.0. The lowest BCUT2D eigenvalue weighted by Gasteiger charge is -2.37. The van der Waals surface area contributed by atoms with Crippen LogP contribution in [-0.2, 0) is 14.8 Å². The van der Waals surface area contributed by atoms with Gasteiger partial charge in [-0.1, -0.05) is 0 Å². The fourth-order valence-electron chi connectivity index (χ4n) is 3.44. The van der Waals surface area contributed by atoms with Gasteiger partial charge in [0.25, 0.3) is 0 Å². The molecule has 0 unspecified atom stereocenters. The quantitative estimate of drug-likeness (QED) is 0.719. The lowest BCUT2D eigenvalue weighted by atomic mass is 10.0. The van der Waals surface area contributed by atoms with Gasteiger partial charge in [0, 0.05) is 52.4 Å². The van der Waals surface area contributed by atoms with Crippen molar-refractivity contribution in [1.29, 1.82) is 0 Å². The van der Waals surface area contributed by atoms with E-state index in [9.17, 15) is 13.2 Å². The Hall–Kier alpha value is -0.700. The lowest BCUT2D eigenvalue weighted by Crippen LogP contribution is -2.49. The van der Waals surface area contributed by atoms with Gasteiger partial charge >= 0.3 is 0 Å². The molecule has 0 radical (unpaired) electrons. The average molecular weight is 332 g/mol. The topological polar surface area (TPSA) is 73.0 Å². The summed E-state index contributed by atoms with van der Waals surface area (Å²) in [6.45, 7) is 4.58. The summed E-state index contributed by atoms with van der Waals surface area (Å²) in [4.78, 5) is 16.6. The van der Waals surface area contributed by atoms with E-state index >= 15 is 0 Å². The van der Waals surface area contributed by atoms with E-state index in [4.69, 9.17) is 0 Å². The molecule has 0 aromatic heterocycles. The number of carbonyl (C=O) groups is 1. The number of rotatable bonds is 3. The van der Waals surface area contributed by atoms with Gasteiger partial charge in [-0.3, -0.25) is 9.69 Å². The SMILES string of the molecule is CNC(=O)[C@H]1CN(C)CCN(C2CCN(S(C)(=O)=O)CC2)C1. The smallest absolute Gasteiger partial charge is 0.225 e. The van der Waals surface area contributed by atoms with Crippen molar-refractivity contribution in [3.63, 3.8) is 0 Å². The fraction of sp³-hybridized carbons (Fsp3) is 0.929. The molecule has 7 nitrogen and oxygen atoms in total. The van der Waals surface area contributed by atoms with Gasteiger partial charge in [-0.25, -0.2) is 12.7 Å². The Kier molecular flexibility index (Phi) is 5.81. The van der Waals surface area contributed by atoms with E-state index in [2.05, 4.69) is 15.1 Å². The van der Waals surface area contributed by atoms with Crippen LogP contribution in [0, 0.1) is 5.92 Å². The third kappa shape index (κ3) is 4.41. The minimum atomic E-state index is -3.08. The molecule has 0 aromatic carbocycles. The minimum Gasteiger partial charge on any atom is -0.359 e. The zero-order valence-corrected chi connectivity index (χ0v) is 14.6. The van der Waals surface area contributed by atoms with Gasteiger partial charge in [-0.05, 0) is 19.9 Å². The molecule has 1 amide bonds. The first-order valence-corrected chi connectivity index (χ1v) is 9.75. The van der Waals surface area contributed by atoms with Gasteiger partial charge in [-0.15, -0.1) is 0 Å². The second kappa shape index (κ2) is 7.25. The molecule has 1 atom stereocenters. The molecule has 8 heteroatoms. The predicted octanol–water partition coefficient (Wildman–Crippen LogP) is -0.980. The third-order valence-corrected chi connectivity index (χ3v) is 6.09. The van der Waals surface area contributed by atoms with Crippen LogP contribution in [0.4, 0.5) is 0 Å². The number of nitrogens with one attached hydrogen (secondary N) is 1. The molecule has 2 rings (SSSR count). The fourth-order valence-corrected chi connectivity index (χ4v) is 4.31. The summed E-state index contributed by atoms with van der Waals surface area (Å²) in [5, 5.41) is 2.75. The van der Waals surface area contributed by atoms with Crippen molar-refractivity contribution in [1.82, 2.24) is 19.4 Å². The van der Waals surface area contributed by atoms with E-state index in [1.165, 1.54) is 6.26 Å². The van der Waals surface area contributed by atoms with Gasteiger partial charge < -0.3 is 10.2 Å². The number of sulfonamides is 1. The molecule has 128 valence electrons. The van der Waals surface area contributed by atoms with Crippen LogP contribution in [0.25, 0.3) is 0 Å². The molecule has 0 aromatic rings. The van der Waals surface area contributed by atoms with Crippen molar-refractivity contribution < 1.29 is 13.2 Å². The number of hydrogen-bond acceptors (Lipinski definition) is 5. The molecule has 1 N–H and O–H groups in total. The zero-order valence-electron chi connectivity index (χ0n) is 13.8. The number of carbonyl (C=O) groups excluding carboxylic acids is 1. The van der Waals surface area contributed by atoms with Crippen LogP contribution in [0.1, 0.15) is 12.8 Å². The van der Waals surface area contributed by atoms with Crippen LogP contribution in [-0.4, -0.2) is 94.1 Å². The third-order valence-electron chi connectivity index (χ3n) is 4.78. The monoisotopic (exact) mass is 332 g/mol. The first-order chi connectivity index (χ1) is 10.3. The standard InChI is InChI=1S/C14H28N4O3S/c1-15-14(19)12-10-16(2)8-9-17(11-12)13-4-6-18(7-5-13)22(3,20)21/h12-13H,4-11H2,1-3H3,(H,15,19)/t12-/m0/s1. The molecule has 0 aliphatic carbocycles. The van der Waals surface area contributed by atoms with Crippen LogP contribution < -0.4 is 5.32 Å². The molecular weight excluding hydrogens is 304 g/mol. The van der Waals surface area contributed by atoms with E-state index in [-0.39, 0.29) is 11.8 Å². The predicted molar refractivity (Wildman–Crippen MR) is 86.1 cm³/mol. The Balaban J connectivity index is 1.98. The summed E-state index contributed by atoms with van der Waals surface area (Å²) in [6, 6.07) is 0.372. The molecule has 2 fully saturated rings. The van der Waals surface area contributed by atoms with E-state index in [0.717, 1.165) is 39.0 Å². The van der Waals surface area contributed by atoms with Crippen molar-refractivity contribution >= 4 is 15.9 Å². The Morgan fingerprint density at radius 1 is 1.09 bits per heavy atom. The summed E-state index contributed by atoms with van der Waals surface area (Å²) in [6.07, 6.45) is 2.96. The van der Waals surface area contributed by atoms with Crippen LogP contribution in [0.2, 0.25) is 0 Å². The second-order valence-corrected chi connectivity index (χ2v) is 8.44. The van der Waals surface area contributed by atoms with E-state index in [0.29, 0.717) is 19.1 Å². The maximum Gasteiger partial charge on any atom is 0.225 e. The van der Waals surface area contributed by atoms with E-state index in [1.54, 1.807) is 11.4 Å². The highest BCUT2D eigenvalue weighted by Gasteiger charge is 2.33. The minimum absolute atomic E-state index is 0.0227. The van der Waals surface area contributed by atoms with Gasteiger partial charge in [0.1, 0.15) is 0 Å². The van der Waals surface area contributed by atoms with Crippen LogP contribution >= 0.6 is 0 Å². The Morgan fingerprint density at radius 3 is 2.27 bits per heavy atom. The number of piperidine rings is 1. The van der Waals surface area contributed by atoms with Gasteiger partial charge in [0.05, 0.1) is 12.2 Å². The first-order valence-electron chi connectivity index (χ1n) is 7.90. The molecule has 2 saturated heterocycles. The molecule has 0 bridgehead atoms. The van der Waals surface area contributed by atoms with Crippen LogP contribution in [0.15, 0.2) is 0 Å². The zero-order chi connectivity index (χ0) is 16.3. The molecular formula is C14H28N4O3S. The van der Waals surface area contributed by atoms with E-state index in [1.807, 2.05) is 7.05 Å². The van der Waals surface area contributed by atoms with Gasteiger partial charge in [-0.2, -0.15) is 0 Å². The normalized spacial score (nSPS) is 27.5.